The number of carbonyl (C=O) groups excluding carboxylic acids is 4. The van der Waals surface area contributed by atoms with E-state index in [9.17, 15) is 71.9 Å². The Morgan fingerprint density at radius 2 is 0.850 bits per heavy atom. The zero-order chi connectivity index (χ0) is 74.2. The second-order valence-corrected chi connectivity index (χ2v) is 22.8. The molecule has 1 saturated heterocycles. The maximum absolute atomic E-state index is 13.4. The first kappa shape index (κ1) is 78.2. The predicted octanol–water partition coefficient (Wildman–Crippen LogP) is 8.19. The van der Waals surface area contributed by atoms with Gasteiger partial charge < -0.3 is 61.0 Å². The maximum atomic E-state index is 13.4. The molecule has 9 rings (SSSR count). The van der Waals surface area contributed by atoms with Crippen LogP contribution in [0.5, 0.6) is 0 Å². The third kappa shape index (κ3) is 20.9. The first-order chi connectivity index (χ1) is 46.8. The van der Waals surface area contributed by atoms with E-state index in [1.807, 2.05) is 13.8 Å². The van der Waals surface area contributed by atoms with Crippen LogP contribution in [0.3, 0.4) is 0 Å². The van der Waals surface area contributed by atoms with Gasteiger partial charge in [-0.05, 0) is 123 Å². The summed E-state index contributed by atoms with van der Waals surface area (Å²) in [4.78, 5) is 82.5. The standard InChI is InChI=1S/C17H20F3N5O.C16H17F3N6O.C16H18F3N5O.C14H14F3N5O/c1-9(2)12(8-21)24-13-6-5-11(17(18,19)20)14(25-13)15(26)10-4-3-7-23-16(10)22;17-16(18,19)11-3-4-12(25-7-5-9(8-25)24-21)23-13(11)14(26)10-2-1-6-22-15(10)20;1-15(2,21)8-23-11-6-5-10(16(17,18)19)12(24-11)13(25)9-4-3-7-22-14(9)20;15-14(16,17)9-3-4-10(20-7-5-18)22-11(9)12(23)8-2-1-6-21-13(8)19/h3-7,9,12H,8,21H2,1-2H3,(H2,22,23)(H,24,25);1-4,6,9,24H,5,7-8,21H2,(H2,20,22);3-7H,8,21H2,1-2H3,(H2,20,22)(H,23,24);1-4,6H,5,7,18H2,(H2,19,21)(H,20,22)/t12-;;;/m0.../s1. The van der Waals surface area contributed by atoms with Crippen LogP contribution >= 0.6 is 0 Å². The number of pyridine rings is 8. The van der Waals surface area contributed by atoms with Crippen molar-refractivity contribution in [3.63, 3.8) is 0 Å². The number of nitrogen functional groups attached to an aromatic ring is 4. The Bertz CT molecular complexity index is 4170. The summed E-state index contributed by atoms with van der Waals surface area (Å²) in [5, 5.41) is 8.52. The average molecular weight is 1410 g/mol. The molecule has 0 aromatic carbocycles. The van der Waals surface area contributed by atoms with Crippen LogP contribution in [-0.4, -0.2) is 120 Å². The summed E-state index contributed by atoms with van der Waals surface area (Å²) in [5.41, 5.74) is 33.3. The Kier molecular flexibility index (Phi) is 26.0. The third-order valence-corrected chi connectivity index (χ3v) is 14.3. The Balaban J connectivity index is 0.000000210. The molecule has 20 N–H and O–H groups in total. The molecule has 0 spiro atoms. The lowest BCUT2D eigenvalue weighted by Crippen LogP contribution is -2.39. The van der Waals surface area contributed by atoms with E-state index < -0.39 is 98.4 Å². The lowest BCUT2D eigenvalue weighted by Gasteiger charge is -2.22. The van der Waals surface area contributed by atoms with Crippen molar-refractivity contribution in [2.24, 2.45) is 29.0 Å². The van der Waals surface area contributed by atoms with Gasteiger partial charge in [0, 0.05) is 81.7 Å². The molecule has 100 heavy (non-hydrogen) atoms. The SMILES string of the molecule is CC(C)(N)CNc1ccc(C(F)(F)F)c(C(=O)c2cccnc2N)n1.CC(C)[C@H](CN)Nc1ccc(C(F)(F)F)c(C(=O)c2cccnc2N)n1.NCCNc1ccc(C(F)(F)F)c(C(=O)c2cccnc2N)n1.NNC1CCN(c2ccc(C(F)(F)F)c(C(=O)c3cccnc3N)n2)C1. The van der Waals surface area contributed by atoms with Gasteiger partial charge in [0.05, 0.1) is 44.5 Å². The number of nitrogens with two attached hydrogens (primary N) is 8. The van der Waals surface area contributed by atoms with Crippen LogP contribution in [0.2, 0.25) is 0 Å². The first-order valence-electron chi connectivity index (χ1n) is 29.8. The molecule has 1 aliphatic heterocycles. The largest absolute Gasteiger partial charge is 0.418 e. The molecule has 8 aromatic heterocycles. The van der Waals surface area contributed by atoms with Crippen molar-refractivity contribution < 1.29 is 71.9 Å². The van der Waals surface area contributed by atoms with Crippen LogP contribution in [0, 0.1) is 5.92 Å². The number of hydrogen-bond donors (Lipinski definition) is 12. The number of anilines is 8. The van der Waals surface area contributed by atoms with Gasteiger partial charge in [0.1, 0.15) is 69.3 Å². The van der Waals surface area contributed by atoms with Gasteiger partial charge in [0.15, 0.2) is 0 Å². The summed E-state index contributed by atoms with van der Waals surface area (Å²) in [7, 11) is 0. The van der Waals surface area contributed by atoms with E-state index in [1.54, 1.807) is 18.7 Å². The van der Waals surface area contributed by atoms with Gasteiger partial charge in [-0.25, -0.2) is 39.9 Å². The van der Waals surface area contributed by atoms with Gasteiger partial charge >= 0.3 is 24.7 Å². The highest BCUT2D eigenvalue weighted by atomic mass is 19.4. The third-order valence-electron chi connectivity index (χ3n) is 14.3. The number of ketones is 4. The fraction of sp³-hybridized carbons (Fsp3) is 0.302. The topological polar surface area (TPSA) is 431 Å². The van der Waals surface area contributed by atoms with Crippen LogP contribution in [0.4, 0.5) is 99.2 Å². The Morgan fingerprint density at radius 1 is 0.510 bits per heavy atom. The van der Waals surface area contributed by atoms with E-state index in [1.165, 1.54) is 85.5 Å². The van der Waals surface area contributed by atoms with Crippen LogP contribution in [-0.2, 0) is 24.7 Å². The van der Waals surface area contributed by atoms with Crippen molar-refractivity contribution in [3.8, 4) is 0 Å². The highest BCUT2D eigenvalue weighted by Gasteiger charge is 2.41. The predicted molar refractivity (Wildman–Crippen MR) is 349 cm³/mol. The van der Waals surface area contributed by atoms with Gasteiger partial charge in [0.25, 0.3) is 0 Å². The number of rotatable bonds is 20. The molecule has 0 radical (unpaired) electrons. The molecule has 2 atom stereocenters. The monoisotopic (exact) mass is 1410 g/mol. The van der Waals surface area contributed by atoms with Gasteiger partial charge in [0.2, 0.25) is 23.1 Å². The molecule has 534 valence electrons. The highest BCUT2D eigenvalue weighted by Crippen LogP contribution is 2.38. The molecule has 0 amide bonds. The molecule has 0 saturated carbocycles. The second-order valence-electron chi connectivity index (χ2n) is 22.8. The maximum Gasteiger partial charge on any atom is 0.418 e. The molecule has 0 bridgehead atoms. The summed E-state index contributed by atoms with van der Waals surface area (Å²) < 4.78 is 159. The summed E-state index contributed by atoms with van der Waals surface area (Å²) in [6, 6.07) is 18.7. The van der Waals surface area contributed by atoms with E-state index in [4.69, 9.17) is 46.0 Å². The van der Waals surface area contributed by atoms with E-state index >= 15 is 0 Å². The van der Waals surface area contributed by atoms with Crippen molar-refractivity contribution in [2.45, 2.75) is 76.4 Å². The molecule has 0 aliphatic carbocycles. The van der Waals surface area contributed by atoms with Crippen LogP contribution in [0.15, 0.2) is 122 Å². The summed E-state index contributed by atoms with van der Waals surface area (Å²) in [5.74, 6) is 1.78. The van der Waals surface area contributed by atoms with E-state index in [0.29, 0.717) is 19.6 Å². The number of alkyl halides is 12. The molecule has 1 fully saturated rings. The van der Waals surface area contributed by atoms with E-state index in [0.717, 1.165) is 42.8 Å². The summed E-state index contributed by atoms with van der Waals surface area (Å²) in [6.07, 6.45) is -12.8. The molecule has 37 heteroatoms. The van der Waals surface area contributed by atoms with Crippen LogP contribution < -0.4 is 72.3 Å². The molecule has 1 aliphatic rings. The van der Waals surface area contributed by atoms with Crippen LogP contribution in [0.1, 0.15) is 121 Å². The number of nitrogens with zero attached hydrogens (tertiary/aromatic N) is 9. The summed E-state index contributed by atoms with van der Waals surface area (Å²) >= 11 is 0. The minimum atomic E-state index is -4.74. The number of halogens is 12. The van der Waals surface area contributed by atoms with Crippen LogP contribution in [0.25, 0.3) is 0 Å². The van der Waals surface area contributed by atoms with Gasteiger partial charge in [-0.15, -0.1) is 0 Å². The number of aromatic nitrogens is 8. The fourth-order valence-electron chi connectivity index (χ4n) is 9.15. The Labute approximate surface area is 562 Å². The molecular formula is C63H69F12N21O4. The zero-order valence-corrected chi connectivity index (χ0v) is 53.5. The molecule has 9 heterocycles. The summed E-state index contributed by atoms with van der Waals surface area (Å²) in [6.45, 7) is 9.45. The normalized spacial score (nSPS) is 13.5. The zero-order valence-electron chi connectivity index (χ0n) is 53.5. The lowest BCUT2D eigenvalue weighted by molar-refractivity contribution is -0.138. The molecule has 25 nitrogen and oxygen atoms in total. The fourth-order valence-corrected chi connectivity index (χ4v) is 9.15. The lowest BCUT2D eigenvalue weighted by atomic mass is 10.0. The van der Waals surface area contributed by atoms with Crippen molar-refractivity contribution in [3.05, 3.63) is 189 Å². The van der Waals surface area contributed by atoms with Crippen molar-refractivity contribution >= 4 is 69.7 Å². The highest BCUT2D eigenvalue weighted by molar-refractivity contribution is 6.13. The van der Waals surface area contributed by atoms with E-state index in [2.05, 4.69) is 61.2 Å². The molecule has 8 aromatic rings. The Hall–Kier alpha value is -10.8. The number of hydrazine groups is 1. The number of hydrogen-bond acceptors (Lipinski definition) is 25. The van der Waals surface area contributed by atoms with E-state index in [-0.39, 0.29) is 106 Å². The van der Waals surface area contributed by atoms with Crippen molar-refractivity contribution in [1.82, 2.24) is 45.3 Å². The second kappa shape index (κ2) is 33.2. The van der Waals surface area contributed by atoms with Crippen molar-refractivity contribution in [2.75, 3.05) is 83.1 Å². The minimum absolute atomic E-state index is 0.00668. The number of carbonyl (C=O) groups is 4. The van der Waals surface area contributed by atoms with Crippen molar-refractivity contribution in [1.29, 1.82) is 0 Å². The van der Waals surface area contributed by atoms with Gasteiger partial charge in [-0.1, -0.05) is 13.8 Å². The molecule has 1 unspecified atom stereocenters. The minimum Gasteiger partial charge on any atom is -0.383 e. The smallest absolute Gasteiger partial charge is 0.383 e. The van der Waals surface area contributed by atoms with Gasteiger partial charge in [-0.2, -0.15) is 52.7 Å². The van der Waals surface area contributed by atoms with Gasteiger partial charge in [-0.3, -0.25) is 30.4 Å². The quantitative estimate of drug-likeness (QED) is 0.0148. The first-order valence-corrected chi connectivity index (χ1v) is 29.8. The molecular weight excluding hydrogens is 1340 g/mol. The average Bonchev–Trinajstić information content (AvgIpc) is 0.919. The Morgan fingerprint density at radius 3 is 1.16 bits per heavy atom. The number of nitrogens with one attached hydrogen (secondary N) is 4.